The number of nitriles is 1. The number of nitrogens with zero attached hydrogens (tertiary/aromatic N) is 8. The molecule has 2 saturated heterocycles. The second-order valence-corrected chi connectivity index (χ2v) is 11.2. The van der Waals surface area contributed by atoms with E-state index in [-0.39, 0.29) is 44.0 Å². The Morgan fingerprint density at radius 2 is 2.02 bits per heavy atom. The fourth-order valence-electron chi connectivity index (χ4n) is 6.08. The van der Waals surface area contributed by atoms with Crippen molar-refractivity contribution >= 4 is 28.1 Å². The topological polar surface area (TPSA) is 103 Å². The summed E-state index contributed by atoms with van der Waals surface area (Å²) >= 11 is 0. The number of amides is 1. The van der Waals surface area contributed by atoms with Gasteiger partial charge in [-0.1, -0.05) is 49.0 Å². The van der Waals surface area contributed by atoms with Crippen molar-refractivity contribution < 1.29 is 18.3 Å². The lowest BCUT2D eigenvalue weighted by molar-refractivity contribution is -0.128. The van der Waals surface area contributed by atoms with Gasteiger partial charge in [0.1, 0.15) is 6.61 Å². The van der Waals surface area contributed by atoms with Gasteiger partial charge < -0.3 is 14.5 Å². The lowest BCUT2D eigenvalue weighted by atomic mass is 10.0. The Bertz CT molecular complexity index is 1710. The molecule has 6 rings (SSSR count). The van der Waals surface area contributed by atoms with Crippen LogP contribution in [0.5, 0.6) is 6.01 Å². The Hall–Kier alpha value is -4.63. The molecule has 2 aliphatic heterocycles. The fraction of sp³-hybridized carbons (Fsp3) is 0.387. The minimum atomic E-state index is -2.77. The van der Waals surface area contributed by atoms with E-state index in [0.717, 1.165) is 22.0 Å². The summed E-state index contributed by atoms with van der Waals surface area (Å²) in [4.78, 5) is 27.1. The number of hydrogen-bond acceptors (Lipinski definition) is 8. The summed E-state index contributed by atoms with van der Waals surface area (Å²) in [7, 11) is 1.65. The Balaban J connectivity index is 1.36. The van der Waals surface area contributed by atoms with Gasteiger partial charge in [0.2, 0.25) is 5.91 Å². The molecule has 0 N–H and O–H groups in total. The van der Waals surface area contributed by atoms with Crippen molar-refractivity contribution in [2.75, 3.05) is 44.7 Å². The van der Waals surface area contributed by atoms with Gasteiger partial charge in [-0.15, -0.1) is 5.10 Å². The third-order valence-corrected chi connectivity index (χ3v) is 8.26. The smallest absolute Gasteiger partial charge is 0.336 e. The molecule has 43 heavy (non-hydrogen) atoms. The van der Waals surface area contributed by atoms with E-state index in [9.17, 15) is 18.8 Å². The van der Waals surface area contributed by atoms with Crippen LogP contribution in [0.2, 0.25) is 0 Å². The second kappa shape index (κ2) is 11.6. The Labute approximate surface area is 247 Å². The van der Waals surface area contributed by atoms with Crippen LogP contribution >= 0.6 is 0 Å². The van der Waals surface area contributed by atoms with E-state index in [4.69, 9.17) is 14.7 Å². The molecule has 1 amide bonds. The number of imidazole rings is 1. The predicted molar refractivity (Wildman–Crippen MR) is 157 cm³/mol. The molecule has 2 atom stereocenters. The summed E-state index contributed by atoms with van der Waals surface area (Å²) < 4.78 is 35.7. The SMILES string of the molecule is C=CC(=O)N1CCN(c2nc(OC[C@@H]3CC(F)(F)CN3C)nn3c(Cc4cccc5ccccc45)cnc23)C[C@@H]1CC#N. The van der Waals surface area contributed by atoms with Crippen molar-refractivity contribution in [1.29, 1.82) is 5.26 Å². The zero-order valence-electron chi connectivity index (χ0n) is 23.9. The summed E-state index contributed by atoms with van der Waals surface area (Å²) in [6.07, 6.45) is 3.39. The molecule has 4 aromatic rings. The average molecular weight is 587 g/mol. The van der Waals surface area contributed by atoms with E-state index < -0.39 is 12.0 Å². The van der Waals surface area contributed by atoms with E-state index in [1.807, 2.05) is 23.1 Å². The lowest BCUT2D eigenvalue weighted by Gasteiger charge is -2.40. The number of hydrogen-bond donors (Lipinski definition) is 0. The molecule has 0 unspecified atom stereocenters. The minimum Gasteiger partial charge on any atom is -0.461 e. The first kappa shape index (κ1) is 28.5. The first-order chi connectivity index (χ1) is 20.8. The molecule has 222 valence electrons. The summed E-state index contributed by atoms with van der Waals surface area (Å²) in [6, 6.07) is 15.7. The first-order valence-electron chi connectivity index (χ1n) is 14.2. The largest absolute Gasteiger partial charge is 0.461 e. The molecule has 2 fully saturated rings. The number of carbonyl (C=O) groups excluding carboxylic acids is 1. The van der Waals surface area contributed by atoms with Gasteiger partial charge in [-0.25, -0.2) is 18.3 Å². The molecular formula is C31H32F2N8O2. The number of carbonyl (C=O) groups is 1. The average Bonchev–Trinajstić information content (AvgIpc) is 3.53. The highest BCUT2D eigenvalue weighted by Crippen LogP contribution is 2.32. The zero-order chi connectivity index (χ0) is 30.1. The molecule has 0 aliphatic carbocycles. The van der Waals surface area contributed by atoms with Crippen LogP contribution in [0.3, 0.4) is 0 Å². The van der Waals surface area contributed by atoms with Gasteiger partial charge in [0.15, 0.2) is 11.5 Å². The van der Waals surface area contributed by atoms with Crippen LogP contribution in [0.15, 0.2) is 61.3 Å². The molecule has 0 saturated carbocycles. The predicted octanol–water partition coefficient (Wildman–Crippen LogP) is 3.70. The maximum atomic E-state index is 14.0. The zero-order valence-corrected chi connectivity index (χ0v) is 23.9. The molecule has 0 spiro atoms. The second-order valence-electron chi connectivity index (χ2n) is 11.2. The van der Waals surface area contributed by atoms with Gasteiger partial charge in [-0.05, 0) is 29.5 Å². The maximum Gasteiger partial charge on any atom is 0.336 e. The lowest BCUT2D eigenvalue weighted by Crippen LogP contribution is -2.55. The third-order valence-electron chi connectivity index (χ3n) is 8.26. The van der Waals surface area contributed by atoms with Crippen molar-refractivity contribution in [3.8, 4) is 12.1 Å². The Morgan fingerprint density at radius 3 is 2.79 bits per heavy atom. The van der Waals surface area contributed by atoms with Crippen LogP contribution in [0.1, 0.15) is 24.1 Å². The van der Waals surface area contributed by atoms with Gasteiger partial charge in [0, 0.05) is 38.5 Å². The van der Waals surface area contributed by atoms with E-state index in [1.54, 1.807) is 27.6 Å². The highest BCUT2D eigenvalue weighted by atomic mass is 19.3. The molecule has 10 nitrogen and oxygen atoms in total. The number of alkyl halides is 2. The van der Waals surface area contributed by atoms with Crippen LogP contribution < -0.4 is 9.64 Å². The number of halogens is 2. The summed E-state index contributed by atoms with van der Waals surface area (Å²) in [5.41, 5.74) is 2.41. The summed E-state index contributed by atoms with van der Waals surface area (Å²) in [6.45, 7) is 4.44. The van der Waals surface area contributed by atoms with Crippen molar-refractivity contribution in [3.63, 3.8) is 0 Å². The van der Waals surface area contributed by atoms with E-state index in [0.29, 0.717) is 37.5 Å². The van der Waals surface area contributed by atoms with Crippen LogP contribution in [0.25, 0.3) is 16.4 Å². The number of piperazine rings is 1. The van der Waals surface area contributed by atoms with Gasteiger partial charge in [-0.2, -0.15) is 10.2 Å². The van der Waals surface area contributed by atoms with Crippen LogP contribution in [-0.4, -0.2) is 93.1 Å². The van der Waals surface area contributed by atoms with Crippen LogP contribution in [-0.2, 0) is 11.2 Å². The number of likely N-dealkylation sites (N-methyl/N-ethyl adjacent to an activating group) is 1. The number of benzene rings is 2. The Kier molecular flexibility index (Phi) is 7.66. The number of ether oxygens (including phenoxy) is 1. The normalized spacial score (nSPS) is 20.4. The minimum absolute atomic E-state index is 0.00304. The number of rotatable bonds is 8. The highest BCUT2D eigenvalue weighted by Gasteiger charge is 2.43. The van der Waals surface area contributed by atoms with Gasteiger partial charge in [0.25, 0.3) is 5.92 Å². The third kappa shape index (κ3) is 5.72. The Morgan fingerprint density at radius 1 is 1.21 bits per heavy atom. The number of aromatic nitrogens is 4. The van der Waals surface area contributed by atoms with Crippen molar-refractivity contribution in [3.05, 3.63) is 72.6 Å². The van der Waals surface area contributed by atoms with Gasteiger partial charge in [-0.3, -0.25) is 9.69 Å². The quantitative estimate of drug-likeness (QED) is 0.288. The molecule has 0 radical (unpaired) electrons. The van der Waals surface area contributed by atoms with E-state index >= 15 is 0 Å². The van der Waals surface area contributed by atoms with Crippen LogP contribution in [0.4, 0.5) is 14.6 Å². The molecular weight excluding hydrogens is 554 g/mol. The number of anilines is 1. The highest BCUT2D eigenvalue weighted by molar-refractivity contribution is 5.87. The molecule has 2 aromatic carbocycles. The molecule has 12 heteroatoms. The summed E-state index contributed by atoms with van der Waals surface area (Å²) in [5.74, 6) is -2.51. The first-order valence-corrected chi connectivity index (χ1v) is 14.2. The number of fused-ring (bicyclic) bond motifs is 2. The standard InChI is InChI=1S/C31H32F2N8O2/c1-3-27(42)40-14-13-39(18-23(40)11-12-34)29-28-35-17-24(15-22-9-6-8-21-7-4-5-10-26(21)22)41(28)37-30(36-29)43-19-25-16-31(32,33)20-38(25)2/h3-10,17,23,25H,1,11,13-16,18-20H2,2H3/t23-,25-/m0/s1. The van der Waals surface area contributed by atoms with Crippen molar-refractivity contribution in [2.45, 2.75) is 37.3 Å². The van der Waals surface area contributed by atoms with E-state index in [1.165, 1.54) is 6.08 Å². The van der Waals surface area contributed by atoms with Gasteiger partial charge >= 0.3 is 6.01 Å². The van der Waals surface area contributed by atoms with Crippen LogP contribution in [0, 0.1) is 11.3 Å². The molecule has 2 aromatic heterocycles. The van der Waals surface area contributed by atoms with Crippen molar-refractivity contribution in [1.82, 2.24) is 29.4 Å². The monoisotopic (exact) mass is 586 g/mol. The van der Waals surface area contributed by atoms with Crippen molar-refractivity contribution in [2.24, 2.45) is 0 Å². The maximum absolute atomic E-state index is 14.0. The van der Waals surface area contributed by atoms with E-state index in [2.05, 4.69) is 42.0 Å². The molecule has 4 heterocycles. The molecule has 0 bridgehead atoms. The van der Waals surface area contributed by atoms with Gasteiger partial charge in [0.05, 0.1) is 37.0 Å². The number of likely N-dealkylation sites (tertiary alicyclic amines) is 1. The fourth-order valence-corrected chi connectivity index (χ4v) is 6.08. The molecule has 2 aliphatic rings. The summed E-state index contributed by atoms with van der Waals surface area (Å²) in [5, 5.41) is 16.4.